The van der Waals surface area contributed by atoms with Crippen LogP contribution in [-0.2, 0) is 17.8 Å². The SMILES string of the molecule is O=C(Cc1cccnc1)NC1CCCN(Cc2cccs2)C1. The summed E-state index contributed by atoms with van der Waals surface area (Å²) in [4.78, 5) is 20.0. The lowest BCUT2D eigenvalue weighted by Crippen LogP contribution is -2.47. The van der Waals surface area contributed by atoms with Crippen LogP contribution >= 0.6 is 11.3 Å². The van der Waals surface area contributed by atoms with E-state index in [1.807, 2.05) is 12.1 Å². The summed E-state index contributed by atoms with van der Waals surface area (Å²) in [6, 6.07) is 8.34. The summed E-state index contributed by atoms with van der Waals surface area (Å²) >= 11 is 1.80. The predicted molar refractivity (Wildman–Crippen MR) is 88.7 cm³/mol. The van der Waals surface area contributed by atoms with E-state index < -0.39 is 0 Å². The number of aromatic nitrogens is 1. The minimum Gasteiger partial charge on any atom is -0.352 e. The highest BCUT2D eigenvalue weighted by Crippen LogP contribution is 2.16. The third-order valence-corrected chi connectivity index (χ3v) is 4.78. The summed E-state index contributed by atoms with van der Waals surface area (Å²) in [5.74, 6) is 0.0935. The zero-order valence-electron chi connectivity index (χ0n) is 12.6. The van der Waals surface area contributed by atoms with Gasteiger partial charge in [-0.3, -0.25) is 14.7 Å². The maximum Gasteiger partial charge on any atom is 0.224 e. The van der Waals surface area contributed by atoms with Crippen molar-refractivity contribution < 1.29 is 4.79 Å². The molecule has 1 fully saturated rings. The maximum atomic E-state index is 12.1. The predicted octanol–water partition coefficient (Wildman–Crippen LogP) is 2.47. The zero-order chi connectivity index (χ0) is 15.2. The number of nitrogens with one attached hydrogen (secondary N) is 1. The number of rotatable bonds is 5. The molecule has 0 aliphatic carbocycles. The molecule has 5 heteroatoms. The van der Waals surface area contributed by atoms with Crippen LogP contribution in [0.1, 0.15) is 23.3 Å². The standard InChI is InChI=1S/C17H21N3OS/c21-17(10-14-4-1-7-18-11-14)19-15-5-2-8-20(12-15)13-16-6-3-9-22-16/h1,3-4,6-7,9,11,15H,2,5,8,10,12-13H2,(H,19,21). The second-order valence-corrected chi connectivity index (χ2v) is 6.79. The molecule has 22 heavy (non-hydrogen) atoms. The molecule has 3 heterocycles. The molecule has 3 rings (SSSR count). The van der Waals surface area contributed by atoms with Gasteiger partial charge in [-0.15, -0.1) is 11.3 Å². The van der Waals surface area contributed by atoms with Gasteiger partial charge in [-0.2, -0.15) is 0 Å². The Morgan fingerprint density at radius 3 is 3.14 bits per heavy atom. The summed E-state index contributed by atoms with van der Waals surface area (Å²) < 4.78 is 0. The first-order valence-electron chi connectivity index (χ1n) is 7.72. The van der Waals surface area contributed by atoms with Crippen LogP contribution in [0.3, 0.4) is 0 Å². The minimum absolute atomic E-state index is 0.0935. The first kappa shape index (κ1) is 15.2. The molecule has 0 saturated carbocycles. The van der Waals surface area contributed by atoms with Crippen LogP contribution in [0.4, 0.5) is 0 Å². The van der Waals surface area contributed by atoms with Crippen molar-refractivity contribution in [2.75, 3.05) is 13.1 Å². The zero-order valence-corrected chi connectivity index (χ0v) is 13.4. The van der Waals surface area contributed by atoms with Crippen LogP contribution < -0.4 is 5.32 Å². The van der Waals surface area contributed by atoms with Crippen molar-refractivity contribution in [2.45, 2.75) is 31.8 Å². The Bertz CT molecular complexity index is 585. The van der Waals surface area contributed by atoms with Gasteiger partial charge in [0.2, 0.25) is 5.91 Å². The molecular formula is C17H21N3OS. The van der Waals surface area contributed by atoms with E-state index in [2.05, 4.69) is 32.7 Å². The van der Waals surface area contributed by atoms with Crippen molar-refractivity contribution in [3.05, 3.63) is 52.5 Å². The molecule has 116 valence electrons. The third-order valence-electron chi connectivity index (χ3n) is 3.92. The highest BCUT2D eigenvalue weighted by atomic mass is 32.1. The van der Waals surface area contributed by atoms with E-state index in [0.29, 0.717) is 6.42 Å². The number of pyridine rings is 1. The third kappa shape index (κ3) is 4.39. The van der Waals surface area contributed by atoms with Crippen molar-refractivity contribution in [3.8, 4) is 0 Å². The highest BCUT2D eigenvalue weighted by molar-refractivity contribution is 7.09. The number of likely N-dealkylation sites (tertiary alicyclic amines) is 1. The fourth-order valence-electron chi connectivity index (χ4n) is 2.91. The quantitative estimate of drug-likeness (QED) is 0.922. The number of nitrogens with zero attached hydrogens (tertiary/aromatic N) is 2. The maximum absolute atomic E-state index is 12.1. The number of piperidine rings is 1. The Kier molecular flexibility index (Phi) is 5.19. The summed E-state index contributed by atoms with van der Waals surface area (Å²) in [7, 11) is 0. The normalized spacial score (nSPS) is 19.0. The van der Waals surface area contributed by atoms with E-state index in [4.69, 9.17) is 0 Å². The lowest BCUT2D eigenvalue weighted by molar-refractivity contribution is -0.121. The average Bonchev–Trinajstić information content (AvgIpc) is 3.01. The Morgan fingerprint density at radius 1 is 1.41 bits per heavy atom. The lowest BCUT2D eigenvalue weighted by atomic mass is 10.0. The van der Waals surface area contributed by atoms with Gasteiger partial charge in [0.05, 0.1) is 6.42 Å². The van der Waals surface area contributed by atoms with E-state index >= 15 is 0 Å². The smallest absolute Gasteiger partial charge is 0.224 e. The molecule has 1 atom stereocenters. The molecule has 0 aromatic carbocycles. The lowest BCUT2D eigenvalue weighted by Gasteiger charge is -2.32. The van der Waals surface area contributed by atoms with E-state index in [1.165, 1.54) is 4.88 Å². The number of amides is 1. The summed E-state index contributed by atoms with van der Waals surface area (Å²) in [6.07, 6.45) is 6.10. The van der Waals surface area contributed by atoms with Crippen LogP contribution in [0.15, 0.2) is 42.0 Å². The molecule has 1 N–H and O–H groups in total. The minimum atomic E-state index is 0.0935. The molecule has 2 aromatic rings. The molecule has 1 aliphatic heterocycles. The van der Waals surface area contributed by atoms with E-state index in [1.54, 1.807) is 23.7 Å². The van der Waals surface area contributed by atoms with Crippen LogP contribution in [0.5, 0.6) is 0 Å². The average molecular weight is 315 g/mol. The van der Waals surface area contributed by atoms with Gasteiger partial charge in [-0.25, -0.2) is 0 Å². The first-order chi connectivity index (χ1) is 10.8. The summed E-state index contributed by atoms with van der Waals surface area (Å²) in [6.45, 7) is 3.05. The molecule has 2 aromatic heterocycles. The molecule has 0 bridgehead atoms. The molecule has 1 amide bonds. The molecule has 1 unspecified atom stereocenters. The monoisotopic (exact) mass is 315 g/mol. The van der Waals surface area contributed by atoms with Gasteiger partial charge >= 0.3 is 0 Å². The van der Waals surface area contributed by atoms with Gasteiger partial charge in [0.1, 0.15) is 0 Å². The van der Waals surface area contributed by atoms with Gasteiger partial charge in [0.25, 0.3) is 0 Å². The molecule has 1 aliphatic rings. The van der Waals surface area contributed by atoms with Crippen molar-refractivity contribution in [2.24, 2.45) is 0 Å². The van der Waals surface area contributed by atoms with Gasteiger partial charge < -0.3 is 5.32 Å². The molecule has 4 nitrogen and oxygen atoms in total. The first-order valence-corrected chi connectivity index (χ1v) is 8.60. The topological polar surface area (TPSA) is 45.2 Å². The van der Waals surface area contributed by atoms with Crippen LogP contribution in [-0.4, -0.2) is 34.9 Å². The summed E-state index contributed by atoms with van der Waals surface area (Å²) in [5.41, 5.74) is 0.964. The largest absolute Gasteiger partial charge is 0.352 e. The van der Waals surface area contributed by atoms with Crippen molar-refractivity contribution in [1.82, 2.24) is 15.2 Å². The van der Waals surface area contributed by atoms with Gasteiger partial charge in [0.15, 0.2) is 0 Å². The Morgan fingerprint density at radius 2 is 2.36 bits per heavy atom. The van der Waals surface area contributed by atoms with Crippen molar-refractivity contribution in [3.63, 3.8) is 0 Å². The molecular weight excluding hydrogens is 294 g/mol. The van der Waals surface area contributed by atoms with E-state index in [0.717, 1.165) is 38.0 Å². The van der Waals surface area contributed by atoms with Crippen molar-refractivity contribution in [1.29, 1.82) is 0 Å². The van der Waals surface area contributed by atoms with Gasteiger partial charge in [0, 0.05) is 36.4 Å². The highest BCUT2D eigenvalue weighted by Gasteiger charge is 2.21. The van der Waals surface area contributed by atoms with Crippen LogP contribution in [0.25, 0.3) is 0 Å². The number of thiophene rings is 1. The Balaban J connectivity index is 1.48. The van der Waals surface area contributed by atoms with E-state index in [-0.39, 0.29) is 11.9 Å². The second-order valence-electron chi connectivity index (χ2n) is 5.76. The fraction of sp³-hybridized carbons (Fsp3) is 0.412. The van der Waals surface area contributed by atoms with E-state index in [9.17, 15) is 4.79 Å². The Labute approximate surface area is 135 Å². The second kappa shape index (κ2) is 7.51. The summed E-state index contributed by atoms with van der Waals surface area (Å²) in [5, 5.41) is 5.29. The van der Waals surface area contributed by atoms with Gasteiger partial charge in [-0.05, 0) is 42.5 Å². The van der Waals surface area contributed by atoms with Crippen molar-refractivity contribution >= 4 is 17.2 Å². The molecule has 1 saturated heterocycles. The number of hydrogen-bond acceptors (Lipinski definition) is 4. The van der Waals surface area contributed by atoms with Crippen LogP contribution in [0, 0.1) is 0 Å². The van der Waals surface area contributed by atoms with Crippen LogP contribution in [0.2, 0.25) is 0 Å². The number of hydrogen-bond donors (Lipinski definition) is 1. The molecule has 0 radical (unpaired) electrons. The number of carbonyl (C=O) groups excluding carboxylic acids is 1. The van der Waals surface area contributed by atoms with Gasteiger partial charge in [-0.1, -0.05) is 12.1 Å². The Hall–Kier alpha value is -1.72. The fourth-order valence-corrected chi connectivity index (χ4v) is 3.65. The molecule has 0 spiro atoms. The number of carbonyl (C=O) groups is 1.